The molecular weight excluding hydrogens is 144 g/mol. The highest BCUT2D eigenvalue weighted by molar-refractivity contribution is 5.23. The predicted octanol–water partition coefficient (Wildman–Crippen LogP) is -1.03. The first-order valence-electron chi connectivity index (χ1n) is 3.71. The largest absolute Gasteiger partial charge is 0.395 e. The van der Waals surface area contributed by atoms with Crippen LogP contribution in [0.4, 0.5) is 0 Å². The van der Waals surface area contributed by atoms with Crippen LogP contribution in [0.5, 0.6) is 0 Å². The van der Waals surface area contributed by atoms with Gasteiger partial charge in [-0.3, -0.25) is 9.89 Å². The molecule has 0 aliphatic rings. The molecule has 0 aliphatic carbocycles. The normalized spacial score (nSPS) is 10.5. The molecule has 0 amide bonds. The van der Waals surface area contributed by atoms with Crippen molar-refractivity contribution in [3.63, 3.8) is 0 Å². The molecule has 4 heteroatoms. The van der Waals surface area contributed by atoms with E-state index >= 15 is 0 Å². The van der Waals surface area contributed by atoms with Crippen molar-refractivity contribution in [2.75, 3.05) is 39.4 Å². The van der Waals surface area contributed by atoms with E-state index in [0.717, 1.165) is 6.54 Å². The fourth-order valence-electron chi connectivity index (χ4n) is 0.830. The minimum absolute atomic E-state index is 0.122. The van der Waals surface area contributed by atoms with Gasteiger partial charge in [0.15, 0.2) is 0 Å². The molecule has 0 saturated heterocycles. The summed E-state index contributed by atoms with van der Waals surface area (Å²) in [5.74, 6) is 0. The zero-order valence-corrected chi connectivity index (χ0v) is 6.74. The van der Waals surface area contributed by atoms with Crippen molar-refractivity contribution in [1.82, 2.24) is 4.90 Å². The average molecular weight is 160 g/mol. The van der Waals surface area contributed by atoms with Crippen LogP contribution in [0.1, 0.15) is 0 Å². The first kappa shape index (κ1) is 10.6. The number of rotatable bonds is 7. The molecule has 0 fully saturated rings. The summed E-state index contributed by atoms with van der Waals surface area (Å²) in [4.78, 5) is 5.62. The van der Waals surface area contributed by atoms with E-state index < -0.39 is 0 Å². The van der Waals surface area contributed by atoms with Gasteiger partial charge >= 0.3 is 0 Å². The third kappa shape index (κ3) is 5.97. The van der Waals surface area contributed by atoms with Crippen molar-refractivity contribution in [3.05, 3.63) is 0 Å². The highest BCUT2D eigenvalue weighted by Gasteiger charge is 2.00. The molecule has 0 bridgehead atoms. The molecule has 0 aromatic carbocycles. The van der Waals surface area contributed by atoms with Crippen molar-refractivity contribution >= 4 is 6.72 Å². The van der Waals surface area contributed by atoms with E-state index in [2.05, 4.69) is 11.7 Å². The summed E-state index contributed by atoms with van der Waals surface area (Å²) in [6, 6.07) is 0. The molecule has 0 unspecified atom stereocenters. The zero-order chi connectivity index (χ0) is 8.53. The van der Waals surface area contributed by atoms with Gasteiger partial charge in [-0.25, -0.2) is 0 Å². The van der Waals surface area contributed by atoms with E-state index in [-0.39, 0.29) is 13.2 Å². The number of hydrogen-bond acceptors (Lipinski definition) is 4. The number of hydrogen-bond donors (Lipinski definition) is 2. The third-order valence-electron chi connectivity index (χ3n) is 1.41. The molecule has 4 nitrogen and oxygen atoms in total. The van der Waals surface area contributed by atoms with Gasteiger partial charge in [-0.05, 0) is 6.72 Å². The Balaban J connectivity index is 3.41. The van der Waals surface area contributed by atoms with Crippen LogP contribution in [0.3, 0.4) is 0 Å². The quantitative estimate of drug-likeness (QED) is 0.468. The topological polar surface area (TPSA) is 56.1 Å². The summed E-state index contributed by atoms with van der Waals surface area (Å²) in [5, 5.41) is 17.2. The molecule has 0 aromatic heterocycles. The van der Waals surface area contributed by atoms with Gasteiger partial charge in [0.05, 0.1) is 19.8 Å². The van der Waals surface area contributed by atoms with Crippen LogP contribution < -0.4 is 0 Å². The molecule has 0 heterocycles. The predicted molar refractivity (Wildman–Crippen MR) is 45.0 cm³/mol. The van der Waals surface area contributed by atoms with Crippen LogP contribution in [-0.2, 0) is 0 Å². The minimum atomic E-state index is 0.122. The molecule has 66 valence electrons. The van der Waals surface area contributed by atoms with Gasteiger partial charge in [0, 0.05) is 19.6 Å². The Hall–Kier alpha value is -0.450. The molecule has 0 spiro atoms. The van der Waals surface area contributed by atoms with Crippen molar-refractivity contribution in [2.45, 2.75) is 0 Å². The Kier molecular flexibility index (Phi) is 7.34. The summed E-state index contributed by atoms with van der Waals surface area (Å²) >= 11 is 0. The maximum absolute atomic E-state index is 8.59. The Morgan fingerprint density at radius 3 is 2.00 bits per heavy atom. The Bertz CT molecular complexity index is 92.4. The number of aliphatic imine (C=N–C) groups is 1. The van der Waals surface area contributed by atoms with Gasteiger partial charge in [0.25, 0.3) is 0 Å². The second-order valence-electron chi connectivity index (χ2n) is 2.24. The fraction of sp³-hybridized carbons (Fsp3) is 0.857. The lowest BCUT2D eigenvalue weighted by atomic mass is 10.4. The number of aliphatic hydroxyl groups is 2. The summed E-state index contributed by atoms with van der Waals surface area (Å²) in [6.07, 6.45) is 0. The highest BCUT2D eigenvalue weighted by atomic mass is 16.3. The van der Waals surface area contributed by atoms with Crippen molar-refractivity contribution in [1.29, 1.82) is 0 Å². The van der Waals surface area contributed by atoms with Crippen LogP contribution in [0.25, 0.3) is 0 Å². The highest BCUT2D eigenvalue weighted by Crippen LogP contribution is 1.85. The Morgan fingerprint density at radius 1 is 1.09 bits per heavy atom. The summed E-state index contributed by atoms with van der Waals surface area (Å²) in [7, 11) is 0. The molecular formula is C7H16N2O2. The smallest absolute Gasteiger partial charge is 0.0558 e. The van der Waals surface area contributed by atoms with Crippen molar-refractivity contribution in [3.8, 4) is 0 Å². The average Bonchev–Trinajstić information content (AvgIpc) is 2.01. The van der Waals surface area contributed by atoms with Crippen LogP contribution in [0.2, 0.25) is 0 Å². The minimum Gasteiger partial charge on any atom is -0.395 e. The van der Waals surface area contributed by atoms with Crippen molar-refractivity contribution in [2.24, 2.45) is 4.99 Å². The van der Waals surface area contributed by atoms with E-state index in [1.54, 1.807) is 0 Å². The van der Waals surface area contributed by atoms with Gasteiger partial charge in [-0.15, -0.1) is 0 Å². The molecule has 0 aliphatic heterocycles. The maximum Gasteiger partial charge on any atom is 0.0558 e. The van der Waals surface area contributed by atoms with E-state index in [0.29, 0.717) is 19.6 Å². The molecule has 0 atom stereocenters. The van der Waals surface area contributed by atoms with Crippen LogP contribution in [0.15, 0.2) is 4.99 Å². The zero-order valence-electron chi connectivity index (χ0n) is 6.74. The van der Waals surface area contributed by atoms with Gasteiger partial charge in [0.2, 0.25) is 0 Å². The van der Waals surface area contributed by atoms with Crippen molar-refractivity contribution < 1.29 is 10.2 Å². The maximum atomic E-state index is 8.59. The van der Waals surface area contributed by atoms with Gasteiger partial charge < -0.3 is 10.2 Å². The second kappa shape index (κ2) is 7.65. The number of aliphatic hydroxyl groups excluding tert-OH is 2. The van der Waals surface area contributed by atoms with E-state index in [4.69, 9.17) is 10.2 Å². The summed E-state index contributed by atoms with van der Waals surface area (Å²) in [5.41, 5.74) is 0. The standard InChI is InChI=1S/C7H16N2O2/c1-8-2-3-9(4-6-10)5-7-11/h10-11H,1-7H2. The van der Waals surface area contributed by atoms with E-state index in [9.17, 15) is 0 Å². The first-order chi connectivity index (χ1) is 5.35. The van der Waals surface area contributed by atoms with E-state index in [1.165, 1.54) is 0 Å². The molecule has 0 rings (SSSR count). The SMILES string of the molecule is C=NCCN(CCO)CCO. The molecule has 11 heavy (non-hydrogen) atoms. The lowest BCUT2D eigenvalue weighted by Crippen LogP contribution is -2.32. The monoisotopic (exact) mass is 160 g/mol. The van der Waals surface area contributed by atoms with E-state index in [1.807, 2.05) is 4.90 Å². The molecule has 2 N–H and O–H groups in total. The fourth-order valence-corrected chi connectivity index (χ4v) is 0.830. The molecule has 0 aromatic rings. The van der Waals surface area contributed by atoms with Crippen LogP contribution in [-0.4, -0.2) is 61.2 Å². The molecule has 0 radical (unpaired) electrons. The Morgan fingerprint density at radius 2 is 1.64 bits per heavy atom. The van der Waals surface area contributed by atoms with Crippen LogP contribution >= 0.6 is 0 Å². The van der Waals surface area contributed by atoms with Gasteiger partial charge in [0.1, 0.15) is 0 Å². The lowest BCUT2D eigenvalue weighted by Gasteiger charge is -2.18. The third-order valence-corrected chi connectivity index (χ3v) is 1.41. The summed E-state index contributed by atoms with van der Waals surface area (Å²) < 4.78 is 0. The van der Waals surface area contributed by atoms with Gasteiger partial charge in [-0.2, -0.15) is 0 Å². The second-order valence-corrected chi connectivity index (χ2v) is 2.24. The van der Waals surface area contributed by atoms with Gasteiger partial charge in [-0.1, -0.05) is 0 Å². The number of nitrogens with zero attached hydrogens (tertiary/aromatic N) is 2. The first-order valence-corrected chi connectivity index (χ1v) is 3.71. The van der Waals surface area contributed by atoms with Crippen LogP contribution in [0, 0.1) is 0 Å². The molecule has 0 saturated carbocycles. The summed E-state index contributed by atoms with van der Waals surface area (Å²) in [6.45, 7) is 6.19. The lowest BCUT2D eigenvalue weighted by molar-refractivity contribution is 0.164. The Labute approximate surface area is 67.2 Å².